The highest BCUT2D eigenvalue weighted by Gasteiger charge is 2.68. The minimum atomic E-state index is -5.73. The van der Waals surface area contributed by atoms with Gasteiger partial charge in [0.2, 0.25) is 0 Å². The summed E-state index contributed by atoms with van der Waals surface area (Å²) in [5, 5.41) is 22.4. The van der Waals surface area contributed by atoms with Gasteiger partial charge in [-0.3, -0.25) is 50.3 Å². The monoisotopic (exact) mass is 1080 g/mol. The lowest BCUT2D eigenvalue weighted by Crippen LogP contribution is -2.57. The second kappa shape index (κ2) is 20.6. The van der Waals surface area contributed by atoms with Gasteiger partial charge in [0.1, 0.15) is 0 Å². The Hall–Kier alpha value is -9.06. The molecular weight excluding hydrogens is 1050 g/mol. The van der Waals surface area contributed by atoms with Crippen LogP contribution in [0.25, 0.3) is 10.8 Å². The van der Waals surface area contributed by atoms with Crippen LogP contribution in [-0.4, -0.2) is 86.3 Å². The molecule has 0 aliphatic rings. The standard InChI is InChI=1S/C44H32F8N8O12S2/c45-41(46,43(49,50)39(65)66)37(63)57-55-23-13-17-25(18-14-23)59-73(69,70)29-7-1-5-27(21-29)53-35(61)33-11-3-10-32-31(33)9-4-12-34(32)36(62)54-28-6-2-8-30(22-28)74(71,72)60-26-19-15-24(16-20-26)56-58-38(64)42(47,48)44(51,52)40(67)68/h1-22,55-56,59-60H,(H,53,61)(H,54,62)(H,57,63)(H,58,64)(H,65,66)(H,67,68). The number of hydrazine groups is 2. The Balaban J connectivity index is 1.08. The lowest BCUT2D eigenvalue weighted by Gasteiger charge is -2.22. The predicted molar refractivity (Wildman–Crippen MR) is 246 cm³/mol. The van der Waals surface area contributed by atoms with Crippen LogP contribution in [0.2, 0.25) is 0 Å². The molecule has 0 aromatic heterocycles. The van der Waals surface area contributed by atoms with Crippen molar-refractivity contribution in [2.75, 3.05) is 30.9 Å². The summed E-state index contributed by atoms with van der Waals surface area (Å²) in [6, 6.07) is 27.2. The van der Waals surface area contributed by atoms with Crippen LogP contribution >= 0.6 is 0 Å². The molecule has 0 saturated heterocycles. The van der Waals surface area contributed by atoms with E-state index in [9.17, 15) is 80.7 Å². The van der Waals surface area contributed by atoms with E-state index >= 15 is 0 Å². The van der Waals surface area contributed by atoms with Crippen LogP contribution in [0.4, 0.5) is 69.2 Å². The number of rotatable bonds is 20. The molecule has 0 aliphatic carbocycles. The Bertz CT molecular complexity index is 3220. The molecule has 20 nitrogen and oxygen atoms in total. The number of alkyl halides is 8. The van der Waals surface area contributed by atoms with Gasteiger partial charge in [-0.15, -0.1) is 0 Å². The van der Waals surface area contributed by atoms with Crippen molar-refractivity contribution in [2.45, 2.75) is 33.5 Å². The summed E-state index contributed by atoms with van der Waals surface area (Å²) < 4.78 is 166. The Morgan fingerprint density at radius 3 is 1.03 bits per heavy atom. The van der Waals surface area contributed by atoms with Gasteiger partial charge in [0.05, 0.1) is 21.2 Å². The molecule has 0 atom stereocenters. The van der Waals surface area contributed by atoms with Crippen LogP contribution in [0, 0.1) is 0 Å². The van der Waals surface area contributed by atoms with Crippen molar-refractivity contribution >= 4 is 101 Å². The lowest BCUT2D eigenvalue weighted by molar-refractivity contribution is -0.222. The third-order valence-corrected chi connectivity index (χ3v) is 12.8. The first kappa shape index (κ1) is 54.3. The summed E-state index contributed by atoms with van der Waals surface area (Å²) in [6.45, 7) is 0. The van der Waals surface area contributed by atoms with Gasteiger partial charge in [-0.1, -0.05) is 36.4 Å². The smallest absolute Gasteiger partial charge is 0.413 e. The first-order chi connectivity index (χ1) is 34.5. The number of amides is 4. The summed E-state index contributed by atoms with van der Waals surface area (Å²) in [5.41, 5.74) is 5.62. The lowest BCUT2D eigenvalue weighted by atomic mass is 9.99. The van der Waals surface area contributed by atoms with E-state index in [1.54, 1.807) is 0 Å². The summed E-state index contributed by atoms with van der Waals surface area (Å²) >= 11 is 0. The number of benzene rings is 6. The number of sulfonamides is 2. The van der Waals surface area contributed by atoms with E-state index in [1.165, 1.54) is 83.6 Å². The van der Waals surface area contributed by atoms with Gasteiger partial charge in [0.15, 0.2) is 0 Å². The molecular formula is C44H32F8N8O12S2. The molecule has 0 spiro atoms. The topological polar surface area (TPSA) is 307 Å². The molecule has 4 amide bonds. The van der Waals surface area contributed by atoms with Crippen LogP contribution < -0.4 is 41.8 Å². The van der Waals surface area contributed by atoms with Crippen LogP contribution in [0.15, 0.2) is 143 Å². The van der Waals surface area contributed by atoms with Crippen LogP contribution in [0.5, 0.6) is 0 Å². The maximum atomic E-state index is 13.7. The molecule has 0 unspecified atom stereocenters. The molecule has 6 aromatic rings. The molecule has 74 heavy (non-hydrogen) atoms. The average Bonchev–Trinajstić information content (AvgIpc) is 3.35. The zero-order valence-electron chi connectivity index (χ0n) is 36.5. The van der Waals surface area contributed by atoms with E-state index in [-0.39, 0.29) is 65.8 Å². The van der Waals surface area contributed by atoms with E-state index in [1.807, 2.05) is 10.9 Å². The fourth-order valence-electron chi connectivity index (χ4n) is 6.22. The SMILES string of the molecule is O=C(Nc1cccc(S(=O)(=O)Nc2ccc(NNC(=O)C(F)(F)C(F)(F)C(=O)O)cc2)c1)c1cccc2c(C(=O)Nc3cccc(S(=O)(=O)Nc4ccc(NNC(=O)C(F)(F)C(F)(F)C(=O)O)cc4)c3)cccc12. The minimum absolute atomic E-state index is 0.00846. The largest absolute Gasteiger partial charge is 0.477 e. The van der Waals surface area contributed by atoms with Crippen molar-refractivity contribution in [1.82, 2.24) is 10.9 Å². The number of hydrogen-bond acceptors (Lipinski definition) is 12. The highest BCUT2D eigenvalue weighted by atomic mass is 32.2. The molecule has 10 N–H and O–H groups in total. The van der Waals surface area contributed by atoms with Crippen molar-refractivity contribution < 1.29 is 90.9 Å². The Morgan fingerprint density at radius 2 is 0.703 bits per heavy atom. The zero-order chi connectivity index (χ0) is 54.6. The van der Waals surface area contributed by atoms with E-state index in [4.69, 9.17) is 10.2 Å². The number of nitrogens with one attached hydrogen (secondary N) is 8. The second-order valence-electron chi connectivity index (χ2n) is 15.1. The molecule has 0 fully saturated rings. The second-order valence-corrected chi connectivity index (χ2v) is 18.5. The highest BCUT2D eigenvalue weighted by Crippen LogP contribution is 2.36. The first-order valence-electron chi connectivity index (χ1n) is 20.2. The van der Waals surface area contributed by atoms with Gasteiger partial charge in [-0.2, -0.15) is 35.1 Å². The number of carboxylic acids is 2. The summed E-state index contributed by atoms with van der Waals surface area (Å²) in [5.74, 6) is -36.1. The summed E-state index contributed by atoms with van der Waals surface area (Å²) in [4.78, 5) is 70.8. The zero-order valence-corrected chi connectivity index (χ0v) is 38.2. The third kappa shape index (κ3) is 11.5. The molecule has 6 rings (SSSR count). The summed E-state index contributed by atoms with van der Waals surface area (Å²) in [6.07, 6.45) is 0. The fourth-order valence-corrected chi connectivity index (χ4v) is 8.43. The van der Waals surface area contributed by atoms with Crippen molar-refractivity contribution in [3.63, 3.8) is 0 Å². The first-order valence-corrected chi connectivity index (χ1v) is 23.2. The molecule has 30 heteroatoms. The molecule has 0 heterocycles. The molecule has 0 bridgehead atoms. The molecule has 0 radical (unpaired) electrons. The van der Waals surface area contributed by atoms with Gasteiger partial charge < -0.3 is 20.8 Å². The Labute approximate surface area is 410 Å². The fraction of sp³-hybridized carbons (Fsp3) is 0.0909. The maximum absolute atomic E-state index is 13.7. The third-order valence-electron chi connectivity index (χ3n) is 10.0. The van der Waals surface area contributed by atoms with Crippen molar-refractivity contribution in [3.05, 3.63) is 145 Å². The quantitative estimate of drug-likeness (QED) is 0.0287. The number of anilines is 6. The molecule has 388 valence electrons. The van der Waals surface area contributed by atoms with Gasteiger partial charge in [0, 0.05) is 33.9 Å². The van der Waals surface area contributed by atoms with Crippen molar-refractivity contribution in [2.24, 2.45) is 0 Å². The molecule has 6 aromatic carbocycles. The van der Waals surface area contributed by atoms with Crippen molar-refractivity contribution in [1.29, 1.82) is 0 Å². The number of carbonyl (C=O) groups is 6. The van der Waals surface area contributed by atoms with Crippen molar-refractivity contribution in [3.8, 4) is 0 Å². The molecule has 0 saturated carbocycles. The van der Waals surface area contributed by atoms with Crippen LogP contribution in [0.3, 0.4) is 0 Å². The number of fused-ring (bicyclic) bond motifs is 1. The van der Waals surface area contributed by atoms with E-state index in [0.717, 1.165) is 60.7 Å². The number of halogens is 8. The van der Waals surface area contributed by atoms with E-state index < -0.39 is 79.3 Å². The van der Waals surface area contributed by atoms with Gasteiger partial charge >= 0.3 is 47.4 Å². The Kier molecular flexibility index (Phi) is 15.1. The summed E-state index contributed by atoms with van der Waals surface area (Å²) in [7, 11) is -8.81. The number of hydrogen-bond donors (Lipinski definition) is 10. The minimum Gasteiger partial charge on any atom is -0.477 e. The molecule has 0 aliphatic heterocycles. The average molecular weight is 1080 g/mol. The number of aliphatic carboxylic acids is 2. The van der Waals surface area contributed by atoms with Gasteiger partial charge in [-0.05, 0) is 108 Å². The maximum Gasteiger partial charge on any atom is 0.413 e. The Morgan fingerprint density at radius 1 is 0.392 bits per heavy atom. The highest BCUT2D eigenvalue weighted by molar-refractivity contribution is 7.93. The number of carboxylic acid groups (broad SMARTS) is 2. The van der Waals surface area contributed by atoms with Crippen LogP contribution in [0.1, 0.15) is 20.7 Å². The van der Waals surface area contributed by atoms with Gasteiger partial charge in [-0.25, -0.2) is 26.4 Å². The number of carbonyl (C=O) groups excluding carboxylic acids is 4. The van der Waals surface area contributed by atoms with Gasteiger partial charge in [0.25, 0.3) is 31.9 Å². The van der Waals surface area contributed by atoms with E-state index in [0.29, 0.717) is 0 Å². The predicted octanol–water partition coefficient (Wildman–Crippen LogP) is 6.54. The normalized spacial score (nSPS) is 12.2. The van der Waals surface area contributed by atoms with Crippen LogP contribution in [-0.2, 0) is 39.2 Å². The van der Waals surface area contributed by atoms with E-state index in [2.05, 4.69) is 20.1 Å².